The largest absolute Gasteiger partial charge is 0.432 e. The van der Waals surface area contributed by atoms with Gasteiger partial charge in [-0.2, -0.15) is 0 Å². The standard InChI is InChI=1S/C28H36N4O7Si/c1-17-25(40(2,3)38)24(11-13-33)39-28(17)21-15-20(32(36)37)9-10-23(21)31(27(28)35)16-18-6-4-7-19(14-18)30-26(34)22-8-5-12-29-22/h4,6-7,9-10,14-15,17,22,24-25,29,33,38H,5,8,11-13,16H2,1-3H3,(H,30,34)/t17-,22-,24+,25-,28+/m1/s1. The molecular formula is C28H36N4O7Si. The molecule has 0 aromatic heterocycles. The third-order valence-corrected chi connectivity index (χ3v) is 11.0. The monoisotopic (exact) mass is 568 g/mol. The van der Waals surface area contributed by atoms with Gasteiger partial charge in [-0.25, -0.2) is 0 Å². The van der Waals surface area contributed by atoms with Crippen LogP contribution in [0, 0.1) is 16.0 Å². The number of benzene rings is 2. The van der Waals surface area contributed by atoms with Crippen LogP contribution in [0.3, 0.4) is 0 Å². The Balaban J connectivity index is 1.51. The fourth-order valence-corrected chi connectivity index (χ4v) is 9.40. The summed E-state index contributed by atoms with van der Waals surface area (Å²) in [6.07, 6.45) is 1.39. The molecule has 1 spiro atoms. The zero-order valence-electron chi connectivity index (χ0n) is 22.9. The number of non-ortho nitro benzene ring substituents is 1. The first-order valence-corrected chi connectivity index (χ1v) is 16.7. The van der Waals surface area contributed by atoms with E-state index in [-0.39, 0.29) is 48.7 Å². The molecule has 0 radical (unpaired) electrons. The molecule has 5 rings (SSSR count). The van der Waals surface area contributed by atoms with Gasteiger partial charge in [0.1, 0.15) is 0 Å². The molecule has 4 N–H and O–H groups in total. The number of anilines is 2. The Bertz CT molecular complexity index is 1330. The van der Waals surface area contributed by atoms with Gasteiger partial charge in [-0.1, -0.05) is 19.1 Å². The Labute approximate surface area is 233 Å². The summed E-state index contributed by atoms with van der Waals surface area (Å²) < 4.78 is 6.51. The van der Waals surface area contributed by atoms with Gasteiger partial charge < -0.3 is 30.2 Å². The molecule has 0 unspecified atom stereocenters. The number of hydrogen-bond donors (Lipinski definition) is 4. The average Bonchev–Trinajstić information content (AvgIpc) is 3.59. The van der Waals surface area contributed by atoms with Crippen LogP contribution < -0.4 is 15.5 Å². The molecule has 5 atom stereocenters. The molecule has 0 bridgehead atoms. The van der Waals surface area contributed by atoms with Crippen LogP contribution in [-0.2, 0) is 26.5 Å². The molecule has 12 heteroatoms. The normalized spacial score (nSPS) is 27.8. The Hall–Kier alpha value is -3.16. The summed E-state index contributed by atoms with van der Waals surface area (Å²) in [7, 11) is -2.88. The van der Waals surface area contributed by atoms with E-state index in [0.717, 1.165) is 24.9 Å². The first kappa shape index (κ1) is 28.4. The lowest BCUT2D eigenvalue weighted by molar-refractivity contribution is -0.385. The van der Waals surface area contributed by atoms with Gasteiger partial charge in [-0.15, -0.1) is 0 Å². The molecule has 3 aliphatic heterocycles. The summed E-state index contributed by atoms with van der Waals surface area (Å²) in [5.41, 5.74) is 0.224. The van der Waals surface area contributed by atoms with Crippen LogP contribution in [0.5, 0.6) is 0 Å². The van der Waals surface area contributed by atoms with Crippen molar-refractivity contribution in [2.75, 3.05) is 23.4 Å². The number of ether oxygens (including phenoxy) is 1. The molecule has 0 saturated carbocycles. The fourth-order valence-electron chi connectivity index (χ4n) is 6.80. The number of nitrogens with zero attached hydrogens (tertiary/aromatic N) is 2. The number of carbonyl (C=O) groups is 2. The van der Waals surface area contributed by atoms with Crippen molar-refractivity contribution >= 4 is 37.2 Å². The van der Waals surface area contributed by atoms with Crippen molar-refractivity contribution in [2.24, 2.45) is 5.92 Å². The van der Waals surface area contributed by atoms with Crippen molar-refractivity contribution < 1.29 is 29.2 Å². The first-order chi connectivity index (χ1) is 19.0. The molecular weight excluding hydrogens is 532 g/mol. The van der Waals surface area contributed by atoms with Gasteiger partial charge in [-0.3, -0.25) is 19.7 Å². The minimum absolute atomic E-state index is 0.103. The number of carbonyl (C=O) groups excluding carboxylic acids is 2. The topological polar surface area (TPSA) is 154 Å². The highest BCUT2D eigenvalue weighted by atomic mass is 28.4. The predicted molar refractivity (Wildman–Crippen MR) is 151 cm³/mol. The lowest BCUT2D eigenvalue weighted by atomic mass is 9.82. The van der Waals surface area contributed by atoms with E-state index in [1.807, 2.05) is 25.1 Å². The lowest BCUT2D eigenvalue weighted by Crippen LogP contribution is -2.46. The van der Waals surface area contributed by atoms with E-state index in [1.54, 1.807) is 30.1 Å². The van der Waals surface area contributed by atoms with Gasteiger partial charge in [0.25, 0.3) is 11.6 Å². The van der Waals surface area contributed by atoms with Gasteiger partial charge in [0, 0.05) is 41.4 Å². The second kappa shape index (κ2) is 10.7. The van der Waals surface area contributed by atoms with Crippen LogP contribution in [0.2, 0.25) is 18.6 Å². The number of fused-ring (bicyclic) bond motifs is 2. The number of nitro groups is 1. The predicted octanol–water partition coefficient (Wildman–Crippen LogP) is 3.01. The molecule has 2 aromatic rings. The summed E-state index contributed by atoms with van der Waals surface area (Å²) in [5, 5.41) is 27.6. The first-order valence-electron chi connectivity index (χ1n) is 13.7. The summed E-state index contributed by atoms with van der Waals surface area (Å²) in [5.74, 6) is -0.948. The number of nitrogens with one attached hydrogen (secondary N) is 2. The molecule has 2 fully saturated rings. The molecule has 40 heavy (non-hydrogen) atoms. The van der Waals surface area contributed by atoms with Crippen molar-refractivity contribution in [1.29, 1.82) is 0 Å². The van der Waals surface area contributed by atoms with Gasteiger partial charge >= 0.3 is 0 Å². The summed E-state index contributed by atoms with van der Waals surface area (Å²) in [4.78, 5) is 51.0. The summed E-state index contributed by atoms with van der Waals surface area (Å²) >= 11 is 0. The molecule has 2 aromatic carbocycles. The smallest absolute Gasteiger partial charge is 0.269 e. The third kappa shape index (κ3) is 4.83. The molecule has 0 aliphatic carbocycles. The average molecular weight is 569 g/mol. The molecule has 3 aliphatic rings. The second-order valence-electron chi connectivity index (χ2n) is 11.6. The van der Waals surface area contributed by atoms with E-state index in [4.69, 9.17) is 4.74 Å². The zero-order chi connectivity index (χ0) is 28.8. The second-order valence-corrected chi connectivity index (χ2v) is 15.5. The summed E-state index contributed by atoms with van der Waals surface area (Å²) in [6, 6.07) is 11.4. The minimum atomic E-state index is -2.88. The van der Waals surface area contributed by atoms with E-state index in [2.05, 4.69) is 10.6 Å². The Kier molecular flexibility index (Phi) is 7.57. The number of amides is 2. The number of nitro benzene ring substituents is 1. The fraction of sp³-hybridized carbons (Fsp3) is 0.500. The minimum Gasteiger partial charge on any atom is -0.432 e. The number of aliphatic hydroxyl groups is 1. The van der Waals surface area contributed by atoms with Crippen LogP contribution in [-0.4, -0.2) is 60.3 Å². The molecule has 3 heterocycles. The molecule has 11 nitrogen and oxygen atoms in total. The maximum atomic E-state index is 14.4. The number of rotatable bonds is 8. The van der Waals surface area contributed by atoms with Crippen LogP contribution in [0.25, 0.3) is 0 Å². The lowest BCUT2D eigenvalue weighted by Gasteiger charge is -2.32. The van der Waals surface area contributed by atoms with Crippen LogP contribution >= 0.6 is 0 Å². The molecule has 2 amide bonds. The number of aliphatic hydroxyl groups excluding tert-OH is 1. The van der Waals surface area contributed by atoms with Crippen molar-refractivity contribution in [3.63, 3.8) is 0 Å². The van der Waals surface area contributed by atoms with E-state index in [9.17, 15) is 29.6 Å². The van der Waals surface area contributed by atoms with Gasteiger partial charge in [0.05, 0.1) is 29.3 Å². The Morgan fingerprint density at radius 3 is 2.73 bits per heavy atom. The van der Waals surface area contributed by atoms with Crippen molar-refractivity contribution in [2.45, 2.75) is 69.1 Å². The highest BCUT2D eigenvalue weighted by Crippen LogP contribution is 2.60. The quantitative estimate of drug-likeness (QED) is 0.215. The molecule has 2 saturated heterocycles. The van der Waals surface area contributed by atoms with Crippen molar-refractivity contribution in [3.05, 3.63) is 63.7 Å². The highest BCUT2D eigenvalue weighted by molar-refractivity contribution is 6.71. The van der Waals surface area contributed by atoms with Gasteiger partial charge in [0.15, 0.2) is 13.9 Å². The SMILES string of the molecule is C[C@@H]1[C@@H]([Si](C)(C)O)[C@H](CCO)O[C@@]12C(=O)N(Cc1cccc(NC(=O)[C@H]3CCCN3)c1)c1ccc([N+](=O)[O-])cc12. The Morgan fingerprint density at radius 1 is 1.30 bits per heavy atom. The van der Waals surface area contributed by atoms with E-state index in [1.165, 1.54) is 12.1 Å². The number of hydrogen-bond acceptors (Lipinski definition) is 8. The zero-order valence-corrected chi connectivity index (χ0v) is 23.9. The van der Waals surface area contributed by atoms with Crippen LogP contribution in [0.1, 0.15) is 37.3 Å². The van der Waals surface area contributed by atoms with Crippen LogP contribution in [0.15, 0.2) is 42.5 Å². The van der Waals surface area contributed by atoms with E-state index >= 15 is 0 Å². The van der Waals surface area contributed by atoms with Crippen molar-refractivity contribution in [3.8, 4) is 0 Å². The summed E-state index contributed by atoms with van der Waals surface area (Å²) in [6.45, 7) is 6.21. The van der Waals surface area contributed by atoms with E-state index < -0.39 is 30.9 Å². The maximum absolute atomic E-state index is 14.4. The van der Waals surface area contributed by atoms with Crippen molar-refractivity contribution in [1.82, 2.24) is 5.32 Å². The van der Waals surface area contributed by atoms with E-state index in [0.29, 0.717) is 16.9 Å². The third-order valence-electron chi connectivity index (χ3n) is 8.50. The molecule has 214 valence electrons. The highest BCUT2D eigenvalue weighted by Gasteiger charge is 2.66. The van der Waals surface area contributed by atoms with Gasteiger partial charge in [-0.05, 0) is 62.7 Å². The van der Waals surface area contributed by atoms with Gasteiger partial charge in [0.2, 0.25) is 5.91 Å². The maximum Gasteiger partial charge on any atom is 0.269 e. The Morgan fingerprint density at radius 2 is 2.08 bits per heavy atom. The van der Waals surface area contributed by atoms with Crippen LogP contribution in [0.4, 0.5) is 17.1 Å².